The molecule has 0 fully saturated rings. The Labute approximate surface area is 174 Å². The summed E-state index contributed by atoms with van der Waals surface area (Å²) in [6.07, 6.45) is 5.33. The normalized spacial score (nSPS) is 17.8. The molecular formula is C22H27N3OS2. The fraction of sp³-hybridized carbons (Fsp3) is 0.455. The van der Waals surface area contributed by atoms with E-state index in [4.69, 9.17) is 4.98 Å². The smallest absolute Gasteiger partial charge is 0.259 e. The summed E-state index contributed by atoms with van der Waals surface area (Å²) >= 11 is 3.47. The Morgan fingerprint density at radius 3 is 2.82 bits per heavy atom. The van der Waals surface area contributed by atoms with Gasteiger partial charge in [-0.15, -0.1) is 23.1 Å². The van der Waals surface area contributed by atoms with Gasteiger partial charge < -0.3 is 4.98 Å². The molecule has 3 aromatic rings. The molecular weight excluding hydrogens is 386 g/mol. The van der Waals surface area contributed by atoms with Gasteiger partial charge in [0, 0.05) is 16.3 Å². The molecule has 0 saturated heterocycles. The van der Waals surface area contributed by atoms with Gasteiger partial charge >= 0.3 is 0 Å². The van der Waals surface area contributed by atoms with E-state index < -0.39 is 0 Å². The van der Waals surface area contributed by atoms with Crippen LogP contribution in [0.4, 0.5) is 0 Å². The van der Waals surface area contributed by atoms with Gasteiger partial charge in [0.25, 0.3) is 5.56 Å². The monoisotopic (exact) mass is 413 g/mol. The predicted molar refractivity (Wildman–Crippen MR) is 120 cm³/mol. The van der Waals surface area contributed by atoms with Gasteiger partial charge in [-0.1, -0.05) is 19.1 Å². The van der Waals surface area contributed by atoms with Crippen LogP contribution in [0, 0.1) is 5.92 Å². The van der Waals surface area contributed by atoms with Crippen molar-refractivity contribution in [2.45, 2.75) is 50.6 Å². The summed E-state index contributed by atoms with van der Waals surface area (Å²) in [7, 11) is 2.08. The van der Waals surface area contributed by atoms with Crippen LogP contribution in [0.25, 0.3) is 10.2 Å². The van der Waals surface area contributed by atoms with E-state index in [2.05, 4.69) is 61.3 Å². The lowest BCUT2D eigenvalue weighted by atomic mass is 9.89. The van der Waals surface area contributed by atoms with Gasteiger partial charge in [-0.2, -0.15) is 0 Å². The number of hydrogen-bond acceptors (Lipinski definition) is 5. The van der Waals surface area contributed by atoms with Crippen molar-refractivity contribution < 1.29 is 0 Å². The molecule has 0 saturated carbocycles. The van der Waals surface area contributed by atoms with Gasteiger partial charge in [-0.25, -0.2) is 4.98 Å². The first-order valence-electron chi connectivity index (χ1n) is 9.84. The van der Waals surface area contributed by atoms with Gasteiger partial charge in [0.05, 0.1) is 11.4 Å². The first-order valence-corrected chi connectivity index (χ1v) is 11.9. The molecule has 1 aliphatic carbocycles. The molecule has 28 heavy (non-hydrogen) atoms. The minimum absolute atomic E-state index is 0.0247. The number of aryl methyl sites for hydroxylation is 1. The van der Waals surface area contributed by atoms with Gasteiger partial charge in [0.1, 0.15) is 10.7 Å². The zero-order valence-electron chi connectivity index (χ0n) is 16.9. The summed E-state index contributed by atoms with van der Waals surface area (Å²) in [5.74, 6) is 1.45. The molecule has 4 nitrogen and oxygen atoms in total. The van der Waals surface area contributed by atoms with Crippen molar-refractivity contribution in [3.05, 3.63) is 56.4 Å². The number of fused-ring (bicyclic) bond motifs is 3. The van der Waals surface area contributed by atoms with E-state index in [1.807, 2.05) is 0 Å². The van der Waals surface area contributed by atoms with Gasteiger partial charge in [0.2, 0.25) is 0 Å². The molecule has 1 aromatic carbocycles. The van der Waals surface area contributed by atoms with E-state index in [9.17, 15) is 4.79 Å². The van der Waals surface area contributed by atoms with E-state index in [1.165, 1.54) is 20.9 Å². The number of nitrogens with zero attached hydrogens (tertiary/aromatic N) is 2. The lowest BCUT2D eigenvalue weighted by Crippen LogP contribution is -2.26. The zero-order chi connectivity index (χ0) is 19.8. The number of H-pyrrole nitrogens is 1. The summed E-state index contributed by atoms with van der Waals surface area (Å²) in [6, 6.07) is 8.69. The number of nitrogens with one attached hydrogen (secondary N) is 1. The van der Waals surface area contributed by atoms with E-state index >= 15 is 0 Å². The second kappa shape index (κ2) is 8.01. The van der Waals surface area contributed by atoms with E-state index in [-0.39, 0.29) is 11.6 Å². The Balaban J connectivity index is 1.59. The third-order valence-electron chi connectivity index (χ3n) is 5.83. The molecule has 0 amide bonds. The lowest BCUT2D eigenvalue weighted by Gasteiger charge is -2.24. The van der Waals surface area contributed by atoms with Crippen LogP contribution >= 0.6 is 23.1 Å². The average Bonchev–Trinajstić information content (AvgIpc) is 3.05. The molecule has 148 valence electrons. The van der Waals surface area contributed by atoms with Gasteiger partial charge in [0.15, 0.2) is 0 Å². The van der Waals surface area contributed by atoms with Gasteiger partial charge in [-0.3, -0.25) is 9.69 Å². The van der Waals surface area contributed by atoms with Crippen LogP contribution in [0.3, 0.4) is 0 Å². The summed E-state index contributed by atoms with van der Waals surface area (Å²) in [6.45, 7) is 5.21. The van der Waals surface area contributed by atoms with Crippen molar-refractivity contribution in [3.63, 3.8) is 0 Å². The zero-order valence-corrected chi connectivity index (χ0v) is 18.5. The van der Waals surface area contributed by atoms with Gasteiger partial charge in [-0.05, 0) is 68.7 Å². The van der Waals surface area contributed by atoms with Crippen molar-refractivity contribution >= 4 is 33.3 Å². The molecule has 4 rings (SSSR count). The molecule has 1 aliphatic rings. The van der Waals surface area contributed by atoms with Crippen molar-refractivity contribution in [2.75, 3.05) is 13.3 Å². The largest absolute Gasteiger partial charge is 0.309 e. The highest BCUT2D eigenvalue weighted by Gasteiger charge is 2.24. The van der Waals surface area contributed by atoms with Crippen LogP contribution < -0.4 is 5.56 Å². The Morgan fingerprint density at radius 1 is 1.36 bits per heavy atom. The Hall–Kier alpha value is -1.63. The number of benzene rings is 1. The highest BCUT2D eigenvalue weighted by molar-refractivity contribution is 7.98. The topological polar surface area (TPSA) is 49.0 Å². The second-order valence-corrected chi connectivity index (χ2v) is 9.89. The third-order valence-corrected chi connectivity index (χ3v) is 7.72. The molecule has 0 aliphatic heterocycles. The van der Waals surface area contributed by atoms with E-state index in [1.54, 1.807) is 23.1 Å². The highest BCUT2D eigenvalue weighted by Crippen LogP contribution is 2.36. The molecule has 1 N–H and O–H groups in total. The number of thioether (sulfide) groups is 1. The molecule has 0 unspecified atom stereocenters. The second-order valence-electron chi connectivity index (χ2n) is 7.92. The molecule has 0 spiro atoms. The Bertz CT molecular complexity index is 1040. The van der Waals surface area contributed by atoms with Crippen molar-refractivity contribution in [3.8, 4) is 0 Å². The Kier molecular flexibility index (Phi) is 5.63. The minimum Gasteiger partial charge on any atom is -0.309 e. The average molecular weight is 414 g/mol. The third kappa shape index (κ3) is 3.78. The molecule has 2 aromatic heterocycles. The van der Waals surface area contributed by atoms with Crippen molar-refractivity contribution in [1.82, 2.24) is 14.9 Å². The molecule has 0 bridgehead atoms. The fourth-order valence-electron chi connectivity index (χ4n) is 3.93. The minimum atomic E-state index is 0.0247. The molecule has 2 heterocycles. The molecule has 6 heteroatoms. The number of aromatic nitrogens is 2. The number of thiophene rings is 1. The highest BCUT2D eigenvalue weighted by atomic mass is 32.2. The SMILES string of the molecule is CSc1ccc(CN(C)[C@@H](C)c2nc3sc4c(c3c(=O)[nH]2)CC[C@@H](C)C4)cc1. The lowest BCUT2D eigenvalue weighted by molar-refractivity contribution is 0.244. The van der Waals surface area contributed by atoms with Crippen LogP contribution in [0.15, 0.2) is 34.0 Å². The summed E-state index contributed by atoms with van der Waals surface area (Å²) in [5, 5.41) is 0.832. The molecule has 2 atom stereocenters. The first kappa shape index (κ1) is 19.7. The van der Waals surface area contributed by atoms with E-state index in [0.29, 0.717) is 5.92 Å². The Morgan fingerprint density at radius 2 is 2.11 bits per heavy atom. The summed E-state index contributed by atoms with van der Waals surface area (Å²) < 4.78 is 0. The maximum atomic E-state index is 12.9. The van der Waals surface area contributed by atoms with Crippen LogP contribution in [-0.2, 0) is 19.4 Å². The summed E-state index contributed by atoms with van der Waals surface area (Å²) in [4.78, 5) is 26.6. The van der Waals surface area contributed by atoms with Crippen molar-refractivity contribution in [1.29, 1.82) is 0 Å². The van der Waals surface area contributed by atoms with Crippen LogP contribution in [-0.4, -0.2) is 28.2 Å². The first-order chi connectivity index (χ1) is 13.5. The van der Waals surface area contributed by atoms with Crippen LogP contribution in [0.5, 0.6) is 0 Å². The van der Waals surface area contributed by atoms with Crippen LogP contribution in [0.2, 0.25) is 0 Å². The van der Waals surface area contributed by atoms with Crippen molar-refractivity contribution in [2.24, 2.45) is 5.92 Å². The number of rotatable bonds is 5. The summed E-state index contributed by atoms with van der Waals surface area (Å²) in [5.41, 5.74) is 2.53. The standard InChI is InChI=1S/C22H27N3OS2/c1-13-5-10-17-18(11-13)28-22-19(17)21(26)23-20(24-22)14(2)25(3)12-15-6-8-16(27-4)9-7-15/h6-9,13-14H,5,10-12H2,1-4H3,(H,23,24,26)/t13-,14+/m1/s1. The fourth-order valence-corrected chi connectivity index (χ4v) is 5.73. The van der Waals surface area contributed by atoms with E-state index in [0.717, 1.165) is 41.8 Å². The maximum Gasteiger partial charge on any atom is 0.259 e. The van der Waals surface area contributed by atoms with Crippen LogP contribution in [0.1, 0.15) is 48.1 Å². The maximum absolute atomic E-state index is 12.9. The number of hydrogen-bond donors (Lipinski definition) is 1. The quantitative estimate of drug-likeness (QED) is 0.597. The molecule has 0 radical (unpaired) electrons. The number of aromatic amines is 1. The predicted octanol–water partition coefficient (Wildman–Crippen LogP) is 5.02.